The summed E-state index contributed by atoms with van der Waals surface area (Å²) in [4.78, 5) is 13.3. The molecular formula is C23H33N3O5S2. The molecule has 0 radical (unpaired) electrons. The topological polar surface area (TPSA) is 104 Å². The Hall–Kier alpha value is -2.27. The second kappa shape index (κ2) is 9.92. The highest BCUT2D eigenvalue weighted by Crippen LogP contribution is 2.28. The van der Waals surface area contributed by atoms with Gasteiger partial charge in [0, 0.05) is 38.4 Å². The van der Waals surface area contributed by atoms with Crippen molar-refractivity contribution in [2.75, 3.05) is 32.5 Å². The Kier molecular flexibility index (Phi) is 8.11. The lowest BCUT2D eigenvalue weighted by atomic mass is 10.0. The molecule has 0 unspecified atom stereocenters. The Morgan fingerprint density at radius 3 is 1.88 bits per heavy atom. The minimum absolute atomic E-state index is 0.0587. The van der Waals surface area contributed by atoms with Crippen LogP contribution in [0, 0.1) is 27.7 Å². The van der Waals surface area contributed by atoms with Gasteiger partial charge in [0.2, 0.25) is 20.0 Å². The smallest absolute Gasteiger partial charge is 0.255 e. The van der Waals surface area contributed by atoms with Crippen molar-refractivity contribution in [3.05, 3.63) is 52.1 Å². The summed E-state index contributed by atoms with van der Waals surface area (Å²) < 4.78 is 53.9. The fourth-order valence-electron chi connectivity index (χ4n) is 3.43. The minimum Gasteiger partial charge on any atom is -0.322 e. The van der Waals surface area contributed by atoms with Crippen LogP contribution >= 0.6 is 0 Å². The first-order valence-corrected chi connectivity index (χ1v) is 13.5. The summed E-state index contributed by atoms with van der Waals surface area (Å²) in [6.07, 6.45) is 0. The zero-order valence-corrected chi connectivity index (χ0v) is 22.1. The molecule has 0 aliphatic rings. The molecule has 0 heterocycles. The number of rotatable bonds is 8. The maximum Gasteiger partial charge on any atom is 0.255 e. The standard InChI is InChI=1S/C23H33N3O5S2/c1-9-26(10-2)32(28,29)20-12-16(4)17(5)21(14-20)24-23(27)19-11-15(3)18(6)22(13-19)33(30,31)25(7)8/h11-14H,9-10H2,1-8H3,(H,24,27). The fraction of sp³-hybridized carbons (Fsp3) is 0.435. The summed E-state index contributed by atoms with van der Waals surface area (Å²) in [5.41, 5.74) is 3.21. The minimum atomic E-state index is -3.75. The van der Waals surface area contributed by atoms with Crippen LogP contribution < -0.4 is 5.32 Å². The molecule has 0 aromatic heterocycles. The molecule has 33 heavy (non-hydrogen) atoms. The van der Waals surface area contributed by atoms with E-state index in [1.54, 1.807) is 53.7 Å². The summed E-state index contributed by atoms with van der Waals surface area (Å²) in [6.45, 7) is 11.2. The third-order valence-corrected chi connectivity index (χ3v) is 9.84. The van der Waals surface area contributed by atoms with E-state index in [9.17, 15) is 21.6 Å². The Morgan fingerprint density at radius 2 is 1.36 bits per heavy atom. The van der Waals surface area contributed by atoms with Gasteiger partial charge in [-0.15, -0.1) is 0 Å². The second-order valence-electron chi connectivity index (χ2n) is 8.16. The third kappa shape index (κ3) is 5.29. The molecule has 2 aromatic rings. The number of nitrogens with zero attached hydrogens (tertiary/aromatic N) is 2. The van der Waals surface area contributed by atoms with Crippen LogP contribution in [-0.2, 0) is 20.0 Å². The van der Waals surface area contributed by atoms with Gasteiger partial charge in [-0.25, -0.2) is 21.1 Å². The molecule has 1 amide bonds. The number of amides is 1. The van der Waals surface area contributed by atoms with E-state index in [0.717, 1.165) is 15.4 Å². The predicted octanol–water partition coefficient (Wildman–Crippen LogP) is 3.45. The van der Waals surface area contributed by atoms with Gasteiger partial charge in [-0.2, -0.15) is 4.31 Å². The maximum absolute atomic E-state index is 13.1. The zero-order chi connectivity index (χ0) is 25.3. The largest absolute Gasteiger partial charge is 0.322 e. The van der Waals surface area contributed by atoms with Crippen LogP contribution in [-0.4, -0.2) is 58.5 Å². The molecule has 2 aromatic carbocycles. The lowest BCUT2D eigenvalue weighted by Gasteiger charge is -2.21. The molecule has 0 bridgehead atoms. The van der Waals surface area contributed by atoms with Crippen molar-refractivity contribution in [3.8, 4) is 0 Å². The monoisotopic (exact) mass is 495 g/mol. The fourth-order valence-corrected chi connectivity index (χ4v) is 6.22. The number of benzene rings is 2. The van der Waals surface area contributed by atoms with E-state index in [-0.39, 0.29) is 15.4 Å². The van der Waals surface area contributed by atoms with Crippen LogP contribution in [0.3, 0.4) is 0 Å². The summed E-state index contributed by atoms with van der Waals surface area (Å²) in [6, 6.07) is 6.02. The highest BCUT2D eigenvalue weighted by molar-refractivity contribution is 7.89. The van der Waals surface area contributed by atoms with Gasteiger partial charge >= 0.3 is 0 Å². The maximum atomic E-state index is 13.1. The van der Waals surface area contributed by atoms with Crippen LogP contribution in [0.1, 0.15) is 46.5 Å². The van der Waals surface area contributed by atoms with Crippen LogP contribution in [0.15, 0.2) is 34.1 Å². The van der Waals surface area contributed by atoms with Crippen molar-refractivity contribution in [1.82, 2.24) is 8.61 Å². The number of carbonyl (C=O) groups excluding carboxylic acids is 1. The third-order valence-electron chi connectivity index (χ3n) is 5.87. The molecule has 0 aliphatic carbocycles. The first-order valence-electron chi connectivity index (χ1n) is 10.6. The van der Waals surface area contributed by atoms with Crippen molar-refractivity contribution in [1.29, 1.82) is 0 Å². The molecule has 182 valence electrons. The van der Waals surface area contributed by atoms with Crippen LogP contribution in [0.25, 0.3) is 0 Å². The van der Waals surface area contributed by atoms with Crippen molar-refractivity contribution in [2.45, 2.75) is 51.3 Å². The molecule has 0 saturated carbocycles. The summed E-state index contributed by atoms with van der Waals surface area (Å²) in [5, 5.41) is 2.78. The van der Waals surface area contributed by atoms with E-state index in [4.69, 9.17) is 0 Å². The molecule has 1 N–H and O–H groups in total. The Labute approximate surface area is 197 Å². The Bertz CT molecular complexity index is 1280. The number of anilines is 1. The van der Waals surface area contributed by atoms with Gasteiger partial charge in [-0.05, 0) is 74.2 Å². The number of aryl methyl sites for hydroxylation is 2. The first-order chi connectivity index (χ1) is 15.2. The Balaban J connectivity index is 2.56. The quantitative estimate of drug-likeness (QED) is 0.604. The van der Waals surface area contributed by atoms with Crippen molar-refractivity contribution >= 4 is 31.6 Å². The zero-order valence-electron chi connectivity index (χ0n) is 20.5. The van der Waals surface area contributed by atoms with Gasteiger partial charge in [0.1, 0.15) is 0 Å². The van der Waals surface area contributed by atoms with E-state index in [2.05, 4.69) is 5.32 Å². The molecular weight excluding hydrogens is 462 g/mol. The van der Waals surface area contributed by atoms with Crippen molar-refractivity contribution in [2.24, 2.45) is 0 Å². The van der Waals surface area contributed by atoms with E-state index < -0.39 is 26.0 Å². The molecule has 0 aliphatic heterocycles. The van der Waals surface area contributed by atoms with E-state index in [1.165, 1.54) is 30.5 Å². The van der Waals surface area contributed by atoms with Gasteiger partial charge in [0.05, 0.1) is 9.79 Å². The number of sulfonamides is 2. The predicted molar refractivity (Wildman–Crippen MR) is 131 cm³/mol. The van der Waals surface area contributed by atoms with Crippen LogP contribution in [0.2, 0.25) is 0 Å². The van der Waals surface area contributed by atoms with Crippen LogP contribution in [0.4, 0.5) is 5.69 Å². The highest BCUT2D eigenvalue weighted by atomic mass is 32.2. The average Bonchev–Trinajstić information content (AvgIpc) is 2.73. The molecule has 0 fully saturated rings. The normalized spacial score (nSPS) is 12.4. The molecule has 0 spiro atoms. The molecule has 10 heteroatoms. The number of hydrogen-bond donors (Lipinski definition) is 1. The lowest BCUT2D eigenvalue weighted by molar-refractivity contribution is 0.102. The van der Waals surface area contributed by atoms with E-state index in [0.29, 0.717) is 29.9 Å². The average molecular weight is 496 g/mol. The van der Waals surface area contributed by atoms with Gasteiger partial charge < -0.3 is 5.32 Å². The molecule has 0 atom stereocenters. The second-order valence-corrected chi connectivity index (χ2v) is 12.2. The van der Waals surface area contributed by atoms with Gasteiger partial charge in [0.15, 0.2) is 0 Å². The highest BCUT2D eigenvalue weighted by Gasteiger charge is 2.25. The first kappa shape index (κ1) is 27.0. The summed E-state index contributed by atoms with van der Waals surface area (Å²) >= 11 is 0. The number of nitrogens with one attached hydrogen (secondary N) is 1. The van der Waals surface area contributed by atoms with Gasteiger partial charge in [-0.3, -0.25) is 4.79 Å². The molecule has 8 nitrogen and oxygen atoms in total. The SMILES string of the molecule is CCN(CC)S(=O)(=O)c1cc(C)c(C)c(NC(=O)c2cc(C)c(C)c(S(=O)(=O)N(C)C)c2)c1. The lowest BCUT2D eigenvalue weighted by Crippen LogP contribution is -2.30. The van der Waals surface area contributed by atoms with Gasteiger partial charge in [-0.1, -0.05) is 13.8 Å². The Morgan fingerprint density at radius 1 is 0.818 bits per heavy atom. The van der Waals surface area contributed by atoms with E-state index in [1.807, 2.05) is 0 Å². The molecule has 0 saturated heterocycles. The van der Waals surface area contributed by atoms with Gasteiger partial charge in [0.25, 0.3) is 5.91 Å². The van der Waals surface area contributed by atoms with Crippen LogP contribution in [0.5, 0.6) is 0 Å². The summed E-state index contributed by atoms with van der Waals surface area (Å²) in [5.74, 6) is -0.520. The summed E-state index contributed by atoms with van der Waals surface area (Å²) in [7, 11) is -4.59. The number of carbonyl (C=O) groups is 1. The molecule has 2 rings (SSSR count). The van der Waals surface area contributed by atoms with Crippen molar-refractivity contribution in [3.63, 3.8) is 0 Å². The van der Waals surface area contributed by atoms with Crippen molar-refractivity contribution < 1.29 is 21.6 Å². The number of hydrogen-bond acceptors (Lipinski definition) is 5. The van der Waals surface area contributed by atoms with E-state index >= 15 is 0 Å².